The Morgan fingerprint density at radius 2 is 1.81 bits per heavy atom. The Kier molecular flexibility index (Phi) is 3.58. The molecule has 1 aromatic heterocycles. The molecular weight excluding hydrogens is 202 g/mol. The summed E-state index contributed by atoms with van der Waals surface area (Å²) in [6, 6.07) is 3.85. The zero-order valence-electron chi connectivity index (χ0n) is 10.7. The van der Waals surface area contributed by atoms with Gasteiger partial charge >= 0.3 is 0 Å². The lowest BCUT2D eigenvalue weighted by Gasteiger charge is -2.19. The second-order valence-electron chi connectivity index (χ2n) is 5.73. The Morgan fingerprint density at radius 3 is 2.19 bits per heavy atom. The molecule has 0 spiro atoms. The van der Waals surface area contributed by atoms with Crippen LogP contribution in [0.2, 0.25) is 0 Å². The molecule has 1 rings (SSSR count). The third kappa shape index (κ3) is 4.19. The lowest BCUT2D eigenvalue weighted by Crippen LogP contribution is -2.27. The molecule has 0 amide bonds. The van der Waals surface area contributed by atoms with Crippen LogP contribution in [0.15, 0.2) is 18.3 Å². The van der Waals surface area contributed by atoms with Gasteiger partial charge in [0.2, 0.25) is 0 Å². The van der Waals surface area contributed by atoms with Gasteiger partial charge < -0.3 is 9.84 Å². The lowest BCUT2D eigenvalue weighted by molar-refractivity contribution is 0.0283. The van der Waals surface area contributed by atoms with E-state index in [1.54, 1.807) is 20.0 Å². The van der Waals surface area contributed by atoms with Crippen LogP contribution in [0.3, 0.4) is 0 Å². The van der Waals surface area contributed by atoms with Crippen molar-refractivity contribution in [1.29, 1.82) is 0 Å². The van der Waals surface area contributed by atoms with Crippen LogP contribution in [0.25, 0.3) is 0 Å². The van der Waals surface area contributed by atoms with Crippen molar-refractivity contribution in [2.75, 3.05) is 6.61 Å². The maximum atomic E-state index is 9.52. The Labute approximate surface area is 97.5 Å². The van der Waals surface area contributed by atoms with E-state index in [0.717, 1.165) is 5.69 Å². The van der Waals surface area contributed by atoms with Gasteiger partial charge in [-0.3, -0.25) is 4.98 Å². The van der Waals surface area contributed by atoms with Crippen LogP contribution in [0.5, 0.6) is 5.75 Å². The molecule has 0 radical (unpaired) electrons. The highest BCUT2D eigenvalue weighted by Gasteiger charge is 2.16. The highest BCUT2D eigenvalue weighted by atomic mass is 16.5. The quantitative estimate of drug-likeness (QED) is 0.856. The molecule has 0 aliphatic rings. The molecule has 3 heteroatoms. The van der Waals surface area contributed by atoms with Crippen molar-refractivity contribution in [3.63, 3.8) is 0 Å². The predicted octanol–water partition coefficient (Wildman–Crippen LogP) is 2.53. The van der Waals surface area contributed by atoms with E-state index in [9.17, 15) is 5.11 Å². The van der Waals surface area contributed by atoms with Crippen LogP contribution < -0.4 is 4.74 Å². The van der Waals surface area contributed by atoms with Crippen LogP contribution in [-0.4, -0.2) is 22.3 Å². The second kappa shape index (κ2) is 4.42. The third-order valence-corrected chi connectivity index (χ3v) is 2.10. The number of aliphatic hydroxyl groups is 1. The third-order valence-electron chi connectivity index (χ3n) is 2.10. The van der Waals surface area contributed by atoms with Crippen molar-refractivity contribution in [3.05, 3.63) is 24.0 Å². The number of ether oxygens (including phenoxy) is 1. The van der Waals surface area contributed by atoms with Crippen LogP contribution in [-0.2, 0) is 5.41 Å². The van der Waals surface area contributed by atoms with E-state index >= 15 is 0 Å². The number of nitrogens with zero attached hydrogens (tertiary/aromatic N) is 1. The molecule has 90 valence electrons. The molecule has 0 fully saturated rings. The van der Waals surface area contributed by atoms with Crippen molar-refractivity contribution in [2.24, 2.45) is 0 Å². The number of pyridine rings is 1. The molecule has 3 nitrogen and oxygen atoms in total. The number of aromatic nitrogens is 1. The molecule has 0 bridgehead atoms. The zero-order valence-corrected chi connectivity index (χ0v) is 10.7. The molecule has 1 N–H and O–H groups in total. The van der Waals surface area contributed by atoms with Gasteiger partial charge in [0.25, 0.3) is 0 Å². The largest absolute Gasteiger partial charge is 0.489 e. The van der Waals surface area contributed by atoms with E-state index < -0.39 is 5.60 Å². The summed E-state index contributed by atoms with van der Waals surface area (Å²) < 4.78 is 5.43. The lowest BCUT2D eigenvalue weighted by atomic mass is 9.92. The smallest absolute Gasteiger partial charge is 0.137 e. The Bertz CT molecular complexity index is 330. The zero-order chi connectivity index (χ0) is 12.4. The Balaban J connectivity index is 2.66. The van der Waals surface area contributed by atoms with Crippen molar-refractivity contribution < 1.29 is 9.84 Å². The molecule has 1 aromatic rings. The van der Waals surface area contributed by atoms with Crippen LogP contribution in [0.4, 0.5) is 0 Å². The standard InChI is InChI=1S/C13H21NO2/c1-12(2,3)11-7-6-10(8-14-11)16-9-13(4,5)15/h6-8,15H,9H2,1-5H3. The Hall–Kier alpha value is -1.09. The fraction of sp³-hybridized carbons (Fsp3) is 0.615. The SMILES string of the molecule is CC(C)(O)COc1ccc(C(C)(C)C)nc1. The minimum absolute atomic E-state index is 0.0504. The second-order valence-corrected chi connectivity index (χ2v) is 5.73. The van der Waals surface area contributed by atoms with Crippen LogP contribution in [0, 0.1) is 0 Å². The van der Waals surface area contributed by atoms with Crippen molar-refractivity contribution in [1.82, 2.24) is 4.98 Å². The summed E-state index contributed by atoms with van der Waals surface area (Å²) in [7, 11) is 0. The highest BCUT2D eigenvalue weighted by Crippen LogP contribution is 2.21. The van der Waals surface area contributed by atoms with Gasteiger partial charge in [-0.15, -0.1) is 0 Å². The maximum absolute atomic E-state index is 9.52. The fourth-order valence-electron chi connectivity index (χ4n) is 1.17. The summed E-state index contributed by atoms with van der Waals surface area (Å²) in [5.41, 5.74) is 0.264. The van der Waals surface area contributed by atoms with Crippen molar-refractivity contribution >= 4 is 0 Å². The molecule has 0 saturated heterocycles. The van der Waals surface area contributed by atoms with Crippen LogP contribution >= 0.6 is 0 Å². The van der Waals surface area contributed by atoms with Gasteiger partial charge in [-0.2, -0.15) is 0 Å². The van der Waals surface area contributed by atoms with Crippen molar-refractivity contribution in [3.8, 4) is 5.75 Å². The molecule has 0 aliphatic heterocycles. The van der Waals surface area contributed by atoms with Gasteiger partial charge in [0.05, 0.1) is 11.8 Å². The van der Waals surface area contributed by atoms with Gasteiger partial charge in [-0.25, -0.2) is 0 Å². The predicted molar refractivity (Wildman–Crippen MR) is 64.7 cm³/mol. The topological polar surface area (TPSA) is 42.4 Å². The van der Waals surface area contributed by atoms with Crippen molar-refractivity contribution in [2.45, 2.75) is 45.6 Å². The Morgan fingerprint density at radius 1 is 1.19 bits per heavy atom. The summed E-state index contributed by atoms with van der Waals surface area (Å²) in [4.78, 5) is 4.34. The van der Waals surface area contributed by atoms with E-state index in [1.165, 1.54) is 0 Å². The monoisotopic (exact) mass is 223 g/mol. The molecule has 16 heavy (non-hydrogen) atoms. The summed E-state index contributed by atoms with van der Waals surface area (Å²) in [6.45, 7) is 10.0. The first-order valence-electron chi connectivity index (χ1n) is 5.50. The molecule has 0 aliphatic carbocycles. The van der Waals surface area contributed by atoms with E-state index in [1.807, 2.05) is 12.1 Å². The summed E-state index contributed by atoms with van der Waals surface area (Å²) in [5.74, 6) is 0.690. The van der Waals surface area contributed by atoms with Gasteiger partial charge in [0.1, 0.15) is 12.4 Å². The molecule has 0 aromatic carbocycles. The number of hydrogen-bond acceptors (Lipinski definition) is 3. The molecule has 0 saturated carbocycles. The fourth-order valence-corrected chi connectivity index (χ4v) is 1.17. The van der Waals surface area contributed by atoms with E-state index in [4.69, 9.17) is 4.74 Å². The molecular formula is C13H21NO2. The minimum atomic E-state index is -0.817. The highest BCUT2D eigenvalue weighted by molar-refractivity contribution is 5.23. The first-order valence-corrected chi connectivity index (χ1v) is 5.50. The normalized spacial score (nSPS) is 12.6. The maximum Gasteiger partial charge on any atom is 0.137 e. The molecule has 0 atom stereocenters. The van der Waals surface area contributed by atoms with E-state index in [2.05, 4.69) is 25.8 Å². The van der Waals surface area contributed by atoms with E-state index in [0.29, 0.717) is 5.75 Å². The molecule has 1 heterocycles. The molecule has 0 unspecified atom stereocenters. The van der Waals surface area contributed by atoms with Gasteiger partial charge in [0.15, 0.2) is 0 Å². The minimum Gasteiger partial charge on any atom is -0.489 e. The summed E-state index contributed by atoms with van der Waals surface area (Å²) in [5, 5.41) is 9.52. The van der Waals surface area contributed by atoms with Crippen LogP contribution in [0.1, 0.15) is 40.3 Å². The summed E-state index contributed by atoms with van der Waals surface area (Å²) >= 11 is 0. The first kappa shape index (κ1) is 13.0. The number of rotatable bonds is 3. The van der Waals surface area contributed by atoms with E-state index in [-0.39, 0.29) is 12.0 Å². The van der Waals surface area contributed by atoms with Gasteiger partial charge in [-0.05, 0) is 26.0 Å². The van der Waals surface area contributed by atoms with Gasteiger partial charge in [0, 0.05) is 11.1 Å². The average molecular weight is 223 g/mol. The first-order chi connectivity index (χ1) is 7.18. The average Bonchev–Trinajstić information content (AvgIpc) is 2.13. The van der Waals surface area contributed by atoms with Gasteiger partial charge in [-0.1, -0.05) is 20.8 Å². The summed E-state index contributed by atoms with van der Waals surface area (Å²) in [6.07, 6.45) is 1.70. The number of hydrogen-bond donors (Lipinski definition) is 1.